The molecule has 0 aliphatic carbocycles. The van der Waals surface area contributed by atoms with Crippen molar-refractivity contribution in [3.05, 3.63) is 35.4 Å². The highest BCUT2D eigenvalue weighted by Gasteiger charge is 2.28. The summed E-state index contributed by atoms with van der Waals surface area (Å²) >= 11 is 0. The minimum absolute atomic E-state index is 0.0190. The highest BCUT2D eigenvalue weighted by atomic mass is 16.4. The van der Waals surface area contributed by atoms with Crippen molar-refractivity contribution in [2.24, 2.45) is 5.92 Å². The van der Waals surface area contributed by atoms with Gasteiger partial charge in [0.05, 0.1) is 5.92 Å². The van der Waals surface area contributed by atoms with E-state index in [0.29, 0.717) is 25.9 Å². The molecule has 0 aromatic heterocycles. The topological polar surface area (TPSA) is 69.6 Å². The fourth-order valence-corrected chi connectivity index (χ4v) is 2.71. The molecule has 21 heavy (non-hydrogen) atoms. The van der Waals surface area contributed by atoms with Crippen LogP contribution in [0.15, 0.2) is 24.3 Å². The van der Waals surface area contributed by atoms with E-state index in [9.17, 15) is 9.59 Å². The van der Waals surface area contributed by atoms with Crippen LogP contribution in [0.1, 0.15) is 28.8 Å². The summed E-state index contributed by atoms with van der Waals surface area (Å²) in [5, 5.41) is 12.1. The third kappa shape index (κ3) is 3.82. The zero-order chi connectivity index (χ0) is 15.2. The average molecular weight is 290 g/mol. The molecule has 2 N–H and O–H groups in total. The smallest absolute Gasteiger partial charge is 0.306 e. The molecule has 0 atom stereocenters. The van der Waals surface area contributed by atoms with Crippen LogP contribution in [-0.2, 0) is 11.2 Å². The standard InChI is InChI=1S/C16H22N2O3/c1-17-9-6-12-4-2-3-5-14(12)15(19)18-10-7-13(8-11-18)16(20)21/h2-5,13,17H,6-11H2,1H3,(H,20,21). The van der Waals surface area contributed by atoms with E-state index in [4.69, 9.17) is 5.11 Å². The Bertz CT molecular complexity index is 508. The fourth-order valence-electron chi connectivity index (χ4n) is 2.71. The number of nitrogens with one attached hydrogen (secondary N) is 1. The van der Waals surface area contributed by atoms with Gasteiger partial charge in [-0.25, -0.2) is 0 Å². The molecule has 1 aliphatic rings. The second kappa shape index (κ2) is 7.22. The maximum Gasteiger partial charge on any atom is 0.306 e. The Morgan fingerprint density at radius 3 is 2.57 bits per heavy atom. The number of carbonyl (C=O) groups is 2. The van der Waals surface area contributed by atoms with Gasteiger partial charge in [-0.15, -0.1) is 0 Å². The number of hydrogen-bond donors (Lipinski definition) is 2. The van der Waals surface area contributed by atoms with E-state index in [1.165, 1.54) is 0 Å². The van der Waals surface area contributed by atoms with E-state index in [-0.39, 0.29) is 11.8 Å². The number of benzene rings is 1. The highest BCUT2D eigenvalue weighted by molar-refractivity contribution is 5.95. The summed E-state index contributed by atoms with van der Waals surface area (Å²) < 4.78 is 0. The molecule has 5 heteroatoms. The summed E-state index contributed by atoms with van der Waals surface area (Å²) in [5.41, 5.74) is 1.78. The van der Waals surface area contributed by atoms with Crippen LogP contribution >= 0.6 is 0 Å². The van der Waals surface area contributed by atoms with Crippen LogP contribution in [0.25, 0.3) is 0 Å². The minimum Gasteiger partial charge on any atom is -0.481 e. The van der Waals surface area contributed by atoms with Crippen molar-refractivity contribution >= 4 is 11.9 Å². The van der Waals surface area contributed by atoms with Crippen molar-refractivity contribution in [2.75, 3.05) is 26.7 Å². The zero-order valence-corrected chi connectivity index (χ0v) is 12.3. The number of amides is 1. The highest BCUT2D eigenvalue weighted by Crippen LogP contribution is 2.20. The molecule has 0 radical (unpaired) electrons. The van der Waals surface area contributed by atoms with Gasteiger partial charge in [-0.3, -0.25) is 9.59 Å². The van der Waals surface area contributed by atoms with Gasteiger partial charge in [0.15, 0.2) is 0 Å². The number of piperidine rings is 1. The van der Waals surface area contributed by atoms with Crippen LogP contribution in [0.4, 0.5) is 0 Å². The SMILES string of the molecule is CNCCc1ccccc1C(=O)N1CCC(C(=O)O)CC1. The van der Waals surface area contributed by atoms with E-state index < -0.39 is 5.97 Å². The summed E-state index contributed by atoms with van der Waals surface area (Å²) in [5.74, 6) is -1.05. The average Bonchev–Trinajstić information content (AvgIpc) is 2.52. The number of hydrogen-bond acceptors (Lipinski definition) is 3. The predicted molar refractivity (Wildman–Crippen MR) is 80.3 cm³/mol. The second-order valence-corrected chi connectivity index (χ2v) is 5.42. The maximum absolute atomic E-state index is 12.6. The van der Waals surface area contributed by atoms with E-state index in [1.807, 2.05) is 31.3 Å². The van der Waals surface area contributed by atoms with Gasteiger partial charge < -0.3 is 15.3 Å². The first-order valence-electron chi connectivity index (χ1n) is 7.38. The van der Waals surface area contributed by atoms with Gasteiger partial charge in [0.25, 0.3) is 5.91 Å². The van der Waals surface area contributed by atoms with E-state index in [1.54, 1.807) is 4.90 Å². The molecule has 0 bridgehead atoms. The third-order valence-corrected chi connectivity index (χ3v) is 4.02. The van der Waals surface area contributed by atoms with Crippen LogP contribution < -0.4 is 5.32 Å². The van der Waals surface area contributed by atoms with Crippen molar-refractivity contribution in [1.82, 2.24) is 10.2 Å². The number of likely N-dealkylation sites (tertiary alicyclic amines) is 1. The summed E-state index contributed by atoms with van der Waals surface area (Å²) in [6.45, 7) is 1.87. The lowest BCUT2D eigenvalue weighted by Gasteiger charge is -2.30. The molecular formula is C16H22N2O3. The molecular weight excluding hydrogens is 268 g/mol. The quantitative estimate of drug-likeness (QED) is 0.859. The Balaban J connectivity index is 2.05. The predicted octanol–water partition coefficient (Wildman–Crippen LogP) is 1.39. The van der Waals surface area contributed by atoms with Gasteiger partial charge in [0.1, 0.15) is 0 Å². The molecule has 0 spiro atoms. The normalized spacial score (nSPS) is 16.0. The zero-order valence-electron chi connectivity index (χ0n) is 12.3. The Morgan fingerprint density at radius 2 is 1.95 bits per heavy atom. The summed E-state index contributed by atoms with van der Waals surface area (Å²) in [7, 11) is 1.89. The van der Waals surface area contributed by atoms with Crippen molar-refractivity contribution in [2.45, 2.75) is 19.3 Å². The number of likely N-dealkylation sites (N-methyl/N-ethyl adjacent to an activating group) is 1. The van der Waals surface area contributed by atoms with Gasteiger partial charge >= 0.3 is 5.97 Å². The van der Waals surface area contributed by atoms with Crippen molar-refractivity contribution in [3.8, 4) is 0 Å². The molecule has 1 amide bonds. The number of rotatable bonds is 5. The largest absolute Gasteiger partial charge is 0.481 e. The molecule has 5 nitrogen and oxygen atoms in total. The molecule has 0 unspecified atom stereocenters. The van der Waals surface area contributed by atoms with Crippen molar-refractivity contribution in [1.29, 1.82) is 0 Å². The van der Waals surface area contributed by atoms with E-state index in [0.717, 1.165) is 24.1 Å². The fraction of sp³-hybridized carbons (Fsp3) is 0.500. The number of carboxylic acids is 1. The molecule has 1 saturated heterocycles. The summed E-state index contributed by atoms with van der Waals surface area (Å²) in [6.07, 6.45) is 1.89. The first kappa shape index (κ1) is 15.5. The van der Waals surface area contributed by atoms with Gasteiger partial charge in [0, 0.05) is 18.7 Å². The Labute approximate surface area is 125 Å². The lowest BCUT2D eigenvalue weighted by molar-refractivity contribution is -0.143. The number of nitrogens with zero attached hydrogens (tertiary/aromatic N) is 1. The minimum atomic E-state index is -0.753. The second-order valence-electron chi connectivity index (χ2n) is 5.42. The van der Waals surface area contributed by atoms with Crippen LogP contribution in [0, 0.1) is 5.92 Å². The Kier molecular flexibility index (Phi) is 5.33. The lowest BCUT2D eigenvalue weighted by Crippen LogP contribution is -2.40. The molecule has 1 aromatic carbocycles. The van der Waals surface area contributed by atoms with Crippen LogP contribution in [0.3, 0.4) is 0 Å². The van der Waals surface area contributed by atoms with Crippen LogP contribution in [-0.4, -0.2) is 48.6 Å². The third-order valence-electron chi connectivity index (χ3n) is 4.02. The number of carboxylic acid groups (broad SMARTS) is 1. The molecule has 2 rings (SSSR count). The molecule has 1 heterocycles. The molecule has 1 aliphatic heterocycles. The van der Waals surface area contributed by atoms with Gasteiger partial charge in [-0.2, -0.15) is 0 Å². The van der Waals surface area contributed by atoms with E-state index >= 15 is 0 Å². The van der Waals surface area contributed by atoms with Gasteiger partial charge in [0.2, 0.25) is 0 Å². The van der Waals surface area contributed by atoms with Gasteiger partial charge in [-0.1, -0.05) is 18.2 Å². The van der Waals surface area contributed by atoms with Gasteiger partial charge in [-0.05, 0) is 44.5 Å². The molecule has 1 fully saturated rings. The Morgan fingerprint density at radius 1 is 1.29 bits per heavy atom. The molecule has 1 aromatic rings. The number of carbonyl (C=O) groups excluding carboxylic acids is 1. The summed E-state index contributed by atoms with van der Waals surface area (Å²) in [4.78, 5) is 25.4. The monoisotopic (exact) mass is 290 g/mol. The van der Waals surface area contributed by atoms with Crippen molar-refractivity contribution < 1.29 is 14.7 Å². The molecule has 0 saturated carbocycles. The molecule has 114 valence electrons. The van der Waals surface area contributed by atoms with Crippen LogP contribution in [0.2, 0.25) is 0 Å². The van der Waals surface area contributed by atoms with Crippen molar-refractivity contribution in [3.63, 3.8) is 0 Å². The van der Waals surface area contributed by atoms with Crippen LogP contribution in [0.5, 0.6) is 0 Å². The number of aliphatic carboxylic acids is 1. The summed E-state index contributed by atoms with van der Waals surface area (Å²) in [6, 6.07) is 7.66. The van der Waals surface area contributed by atoms with E-state index in [2.05, 4.69) is 5.32 Å². The Hall–Kier alpha value is -1.88. The lowest BCUT2D eigenvalue weighted by atomic mass is 9.95. The maximum atomic E-state index is 12.6. The first-order valence-corrected chi connectivity index (χ1v) is 7.38. The first-order chi connectivity index (χ1) is 10.1.